The topological polar surface area (TPSA) is 76.6 Å². The zero-order valence-electron chi connectivity index (χ0n) is 25.7. The van der Waals surface area contributed by atoms with Crippen LogP contribution in [-0.4, -0.2) is 59.4 Å². The number of carbonyl (C=O) groups excluding carboxylic acids is 1. The summed E-state index contributed by atoms with van der Waals surface area (Å²) in [5, 5.41) is 6.35. The van der Waals surface area contributed by atoms with Gasteiger partial charge < -0.3 is 19.7 Å². The Bertz CT molecular complexity index is 1950. The molecule has 0 aliphatic carbocycles. The number of pyridine rings is 2. The van der Waals surface area contributed by atoms with Gasteiger partial charge in [-0.15, -0.1) is 11.3 Å². The van der Waals surface area contributed by atoms with Crippen LogP contribution in [0.2, 0.25) is 0 Å². The summed E-state index contributed by atoms with van der Waals surface area (Å²) in [6, 6.07) is 13.4. The molecule has 0 unspecified atom stereocenters. The third-order valence-electron chi connectivity index (χ3n) is 8.62. The van der Waals surface area contributed by atoms with Crippen LogP contribution in [0.15, 0.2) is 60.1 Å². The summed E-state index contributed by atoms with van der Waals surface area (Å²) < 4.78 is 42.3. The molecule has 3 aromatic heterocycles. The molecular formula is C36H34F2N4O3S2. The molecular weight excluding hydrogens is 639 g/mol. The van der Waals surface area contributed by atoms with Crippen LogP contribution in [0.3, 0.4) is 0 Å². The van der Waals surface area contributed by atoms with Crippen molar-refractivity contribution < 1.29 is 23.0 Å². The average Bonchev–Trinajstić information content (AvgIpc) is 3.58. The lowest BCUT2D eigenvalue weighted by Crippen LogP contribution is -2.37. The van der Waals surface area contributed by atoms with Gasteiger partial charge in [0.15, 0.2) is 0 Å². The van der Waals surface area contributed by atoms with E-state index in [1.807, 2.05) is 23.7 Å². The Balaban J connectivity index is 1.47. The van der Waals surface area contributed by atoms with Crippen molar-refractivity contribution in [3.63, 3.8) is 0 Å². The number of fused-ring (bicyclic) bond motifs is 5. The fourth-order valence-corrected chi connectivity index (χ4v) is 7.45. The van der Waals surface area contributed by atoms with E-state index in [1.54, 1.807) is 28.4 Å². The second-order valence-corrected chi connectivity index (χ2v) is 12.9. The van der Waals surface area contributed by atoms with Gasteiger partial charge in [0.2, 0.25) is 5.91 Å². The second kappa shape index (κ2) is 14.0. The van der Waals surface area contributed by atoms with Crippen molar-refractivity contribution in [1.29, 1.82) is 0 Å². The van der Waals surface area contributed by atoms with Gasteiger partial charge in [-0.25, -0.2) is 13.8 Å². The van der Waals surface area contributed by atoms with E-state index < -0.39 is 5.82 Å². The molecule has 1 amide bonds. The first-order valence-corrected chi connectivity index (χ1v) is 17.3. The Morgan fingerprint density at radius 1 is 0.979 bits per heavy atom. The molecule has 0 radical (unpaired) electrons. The molecule has 0 atom stereocenters. The van der Waals surface area contributed by atoms with Gasteiger partial charge >= 0.3 is 0 Å². The highest BCUT2D eigenvalue weighted by Crippen LogP contribution is 2.47. The predicted molar refractivity (Wildman–Crippen MR) is 185 cm³/mol. The zero-order chi connectivity index (χ0) is 32.3. The van der Waals surface area contributed by atoms with Gasteiger partial charge in [-0.2, -0.15) is 12.6 Å². The van der Waals surface area contributed by atoms with E-state index in [1.165, 1.54) is 24.3 Å². The highest BCUT2D eigenvalue weighted by atomic mass is 32.1. The van der Waals surface area contributed by atoms with Gasteiger partial charge in [0, 0.05) is 88.6 Å². The summed E-state index contributed by atoms with van der Waals surface area (Å²) in [6.07, 6.45) is 5.19. The lowest BCUT2D eigenvalue weighted by atomic mass is 9.94. The van der Waals surface area contributed by atoms with Crippen molar-refractivity contribution in [2.45, 2.75) is 32.2 Å². The first-order chi connectivity index (χ1) is 23.0. The number of halogens is 2. The van der Waals surface area contributed by atoms with Crippen molar-refractivity contribution >= 4 is 45.6 Å². The van der Waals surface area contributed by atoms with Crippen LogP contribution in [0.5, 0.6) is 5.75 Å². The monoisotopic (exact) mass is 672 g/mol. The summed E-state index contributed by atoms with van der Waals surface area (Å²) >= 11 is 5.76. The first-order valence-electron chi connectivity index (χ1n) is 15.8. The first kappa shape index (κ1) is 31.5. The fourth-order valence-electron chi connectivity index (χ4n) is 6.29. The standard InChI is InChI=1S/C36H34F2N4O3S2/c37-24-4-6-26-30(17-24)39-10-2-1-3-12-44-13-14-45-31-18-25(38)5-7-27(31)33-34(41-35(26)28-9-15-47-36(28)33)22-16-23-20-42(32(43)21-46)11-8-29(23)40-19-22/h4-7,9,15-19,39,46H,1-3,8,10-14,20-21H2. The molecule has 11 heteroatoms. The van der Waals surface area contributed by atoms with Gasteiger partial charge in [-0.05, 0) is 72.7 Å². The molecule has 1 N–H and O–H groups in total. The van der Waals surface area contributed by atoms with Gasteiger partial charge in [0.1, 0.15) is 24.0 Å². The number of aromatic nitrogens is 2. The van der Waals surface area contributed by atoms with Gasteiger partial charge in [0.05, 0.1) is 23.7 Å². The van der Waals surface area contributed by atoms with Crippen molar-refractivity contribution in [2.75, 3.05) is 44.0 Å². The van der Waals surface area contributed by atoms with Crippen LogP contribution in [0.4, 0.5) is 14.5 Å². The van der Waals surface area contributed by atoms with Crippen LogP contribution < -0.4 is 10.1 Å². The van der Waals surface area contributed by atoms with Gasteiger partial charge in [-0.3, -0.25) is 9.78 Å². The fraction of sp³-hybridized carbons (Fsp3) is 0.306. The van der Waals surface area contributed by atoms with E-state index in [-0.39, 0.29) is 24.1 Å². The van der Waals surface area contributed by atoms with Crippen LogP contribution in [0, 0.1) is 11.6 Å². The van der Waals surface area contributed by atoms with Crippen molar-refractivity contribution in [3.05, 3.63) is 83.0 Å². The van der Waals surface area contributed by atoms with Gasteiger partial charge in [0.25, 0.3) is 0 Å². The average molecular weight is 673 g/mol. The Hall–Kier alpha value is -4.06. The summed E-state index contributed by atoms with van der Waals surface area (Å²) in [6.45, 7) is 2.92. The third-order valence-corrected chi connectivity index (χ3v) is 9.83. The van der Waals surface area contributed by atoms with Crippen LogP contribution in [-0.2, 0) is 22.5 Å². The Labute approximate surface area is 281 Å². The molecule has 0 saturated carbocycles. The van der Waals surface area contributed by atoms with Crippen molar-refractivity contribution in [1.82, 2.24) is 14.9 Å². The molecule has 2 aromatic carbocycles. The number of hydrogen-bond acceptors (Lipinski definition) is 8. The number of nitrogens with zero attached hydrogens (tertiary/aromatic N) is 3. The Morgan fingerprint density at radius 3 is 2.70 bits per heavy atom. The largest absolute Gasteiger partial charge is 0.490 e. The minimum absolute atomic E-state index is 0.0291. The molecule has 5 aromatic rings. The second-order valence-electron chi connectivity index (χ2n) is 11.7. The Kier molecular flexibility index (Phi) is 9.37. The predicted octanol–water partition coefficient (Wildman–Crippen LogP) is 7.78. The summed E-state index contributed by atoms with van der Waals surface area (Å²) in [5.41, 5.74) is 6.88. The minimum Gasteiger partial charge on any atom is -0.490 e. The maximum absolute atomic E-state index is 14.7. The summed E-state index contributed by atoms with van der Waals surface area (Å²) in [4.78, 5) is 24.5. The van der Waals surface area contributed by atoms with Crippen LogP contribution in [0.25, 0.3) is 43.7 Å². The molecule has 47 heavy (non-hydrogen) atoms. The van der Waals surface area contributed by atoms with E-state index in [9.17, 15) is 13.6 Å². The van der Waals surface area contributed by atoms with E-state index in [0.717, 1.165) is 57.3 Å². The number of nitrogens with one attached hydrogen (secondary N) is 1. The molecule has 7 rings (SSSR count). The van der Waals surface area contributed by atoms with Crippen LogP contribution in [0.1, 0.15) is 30.5 Å². The number of rotatable bonds is 2. The highest BCUT2D eigenvalue weighted by Gasteiger charge is 2.26. The number of amides is 1. The molecule has 242 valence electrons. The SMILES string of the molecule is O=C(CS)N1CCc2ncc(-c3nc4c5ccsc5c3-c3ccc(F)cc3OCCOCCCCCNc3cc(F)ccc3-4)cc2C1. The quantitative estimate of drug-likeness (QED) is 0.187. The Morgan fingerprint density at radius 2 is 1.83 bits per heavy atom. The maximum Gasteiger partial charge on any atom is 0.232 e. The number of carbonyl (C=O) groups is 1. The molecule has 0 fully saturated rings. The van der Waals surface area contributed by atoms with Crippen LogP contribution >= 0.6 is 24.0 Å². The number of benzene rings is 2. The lowest BCUT2D eigenvalue weighted by Gasteiger charge is -2.28. The molecule has 5 heterocycles. The van der Waals surface area contributed by atoms with E-state index in [0.29, 0.717) is 67.7 Å². The molecule has 2 aliphatic rings. The molecule has 0 spiro atoms. The van der Waals surface area contributed by atoms with E-state index in [2.05, 4.69) is 17.9 Å². The molecule has 7 nitrogen and oxygen atoms in total. The van der Waals surface area contributed by atoms with Crippen molar-refractivity contribution in [2.24, 2.45) is 0 Å². The maximum atomic E-state index is 14.7. The van der Waals surface area contributed by atoms with Gasteiger partial charge in [-0.1, -0.05) is 0 Å². The molecule has 2 bridgehead atoms. The smallest absolute Gasteiger partial charge is 0.232 e. The summed E-state index contributed by atoms with van der Waals surface area (Å²) in [7, 11) is 0. The van der Waals surface area contributed by atoms with Crippen molar-refractivity contribution in [3.8, 4) is 39.4 Å². The lowest BCUT2D eigenvalue weighted by molar-refractivity contribution is -0.129. The number of thiol groups is 1. The number of thiophene rings is 1. The molecule has 2 aliphatic heterocycles. The normalized spacial score (nSPS) is 15.5. The van der Waals surface area contributed by atoms with E-state index in [4.69, 9.17) is 19.4 Å². The summed E-state index contributed by atoms with van der Waals surface area (Å²) in [5.74, 6) is -0.248. The zero-order valence-corrected chi connectivity index (χ0v) is 27.4. The number of anilines is 1. The minimum atomic E-state index is -0.410. The number of hydrogen-bond donors (Lipinski definition) is 2. The molecule has 0 saturated heterocycles. The van der Waals surface area contributed by atoms with E-state index >= 15 is 0 Å². The highest BCUT2D eigenvalue weighted by molar-refractivity contribution is 7.81. The number of ether oxygens (including phenoxy) is 2. The third kappa shape index (κ3) is 6.57.